The molecule has 1 amide bonds. The zero-order valence-electron chi connectivity index (χ0n) is 10.6. The predicted octanol–water partition coefficient (Wildman–Crippen LogP) is 1.43. The summed E-state index contributed by atoms with van der Waals surface area (Å²) in [7, 11) is -3.95. The van der Waals surface area contributed by atoms with E-state index in [1.54, 1.807) is 13.0 Å². The molecule has 0 spiro atoms. The second-order valence-electron chi connectivity index (χ2n) is 4.94. The number of carbonyl (C=O) groups is 1. The van der Waals surface area contributed by atoms with Crippen molar-refractivity contribution in [3.8, 4) is 0 Å². The van der Waals surface area contributed by atoms with Gasteiger partial charge in [-0.3, -0.25) is 4.79 Å². The first-order chi connectivity index (χ1) is 8.70. The third-order valence-electron chi connectivity index (χ3n) is 3.22. The molecule has 104 valence electrons. The summed E-state index contributed by atoms with van der Waals surface area (Å²) in [5.74, 6) is 0.161. The number of primary sulfonamides is 1. The maximum atomic E-state index is 12.0. The van der Waals surface area contributed by atoms with Crippen molar-refractivity contribution >= 4 is 27.5 Å². The fourth-order valence-electron chi connectivity index (χ4n) is 1.85. The smallest absolute Gasteiger partial charge is 0.251 e. The topological polar surface area (TPSA) is 89.3 Å². The van der Waals surface area contributed by atoms with Crippen LogP contribution < -0.4 is 10.5 Å². The molecule has 1 fully saturated rings. The van der Waals surface area contributed by atoms with Crippen molar-refractivity contribution in [1.82, 2.24) is 5.32 Å². The van der Waals surface area contributed by atoms with Crippen LogP contribution in [0, 0.1) is 12.8 Å². The SMILES string of the molecule is Cc1cc(C(=O)NC2CC2C)cc(S(N)(=O)=O)c1Cl. The van der Waals surface area contributed by atoms with Gasteiger partial charge in [-0.1, -0.05) is 18.5 Å². The average molecular weight is 303 g/mol. The molecule has 2 rings (SSSR count). The summed E-state index contributed by atoms with van der Waals surface area (Å²) in [6, 6.07) is 2.94. The predicted molar refractivity (Wildman–Crippen MR) is 72.6 cm³/mol. The summed E-state index contributed by atoms with van der Waals surface area (Å²) >= 11 is 5.90. The van der Waals surface area contributed by atoms with E-state index >= 15 is 0 Å². The van der Waals surface area contributed by atoms with Crippen molar-refractivity contribution in [3.63, 3.8) is 0 Å². The molecule has 1 aromatic carbocycles. The van der Waals surface area contributed by atoms with Crippen LogP contribution in [0.2, 0.25) is 5.02 Å². The molecule has 2 atom stereocenters. The van der Waals surface area contributed by atoms with Crippen LogP contribution in [0.25, 0.3) is 0 Å². The maximum absolute atomic E-state index is 12.0. The maximum Gasteiger partial charge on any atom is 0.251 e. The molecule has 0 heterocycles. The van der Waals surface area contributed by atoms with E-state index in [9.17, 15) is 13.2 Å². The largest absolute Gasteiger partial charge is 0.349 e. The van der Waals surface area contributed by atoms with Gasteiger partial charge in [-0.2, -0.15) is 0 Å². The van der Waals surface area contributed by atoms with Gasteiger partial charge in [-0.25, -0.2) is 13.6 Å². The second kappa shape index (κ2) is 4.77. The average Bonchev–Trinajstić information content (AvgIpc) is 2.96. The van der Waals surface area contributed by atoms with Gasteiger partial charge >= 0.3 is 0 Å². The molecule has 1 aromatic rings. The lowest BCUT2D eigenvalue weighted by molar-refractivity contribution is 0.0949. The van der Waals surface area contributed by atoms with E-state index in [-0.39, 0.29) is 27.4 Å². The van der Waals surface area contributed by atoms with Crippen LogP contribution in [-0.4, -0.2) is 20.4 Å². The summed E-state index contributed by atoms with van der Waals surface area (Å²) in [5, 5.41) is 7.97. The van der Waals surface area contributed by atoms with Gasteiger partial charge in [0, 0.05) is 11.6 Å². The fraction of sp³-hybridized carbons (Fsp3) is 0.417. The number of aryl methyl sites for hydroxylation is 1. The third kappa shape index (κ3) is 3.08. The fourth-order valence-corrected chi connectivity index (χ4v) is 2.98. The van der Waals surface area contributed by atoms with Crippen molar-refractivity contribution in [1.29, 1.82) is 0 Å². The zero-order chi connectivity index (χ0) is 14.4. The lowest BCUT2D eigenvalue weighted by atomic mass is 10.1. The number of benzene rings is 1. The van der Waals surface area contributed by atoms with Gasteiger partial charge in [0.1, 0.15) is 4.90 Å². The second-order valence-corrected chi connectivity index (χ2v) is 6.85. The molecule has 1 saturated carbocycles. The van der Waals surface area contributed by atoms with Gasteiger partial charge in [0.05, 0.1) is 5.02 Å². The standard InChI is InChI=1S/C12H15ClN2O3S/c1-6-4-9(6)15-12(16)8-3-7(2)11(13)10(5-8)19(14,17)18/h3,5-6,9H,4H2,1-2H3,(H,15,16)(H2,14,17,18). The van der Waals surface area contributed by atoms with E-state index < -0.39 is 10.0 Å². The lowest BCUT2D eigenvalue weighted by Crippen LogP contribution is -2.27. The molecule has 7 heteroatoms. The molecule has 0 aliphatic heterocycles. The number of nitrogens with two attached hydrogens (primary N) is 1. The van der Waals surface area contributed by atoms with Crippen LogP contribution in [0.4, 0.5) is 0 Å². The number of hydrogen-bond donors (Lipinski definition) is 2. The number of hydrogen-bond acceptors (Lipinski definition) is 3. The molecule has 2 unspecified atom stereocenters. The highest BCUT2D eigenvalue weighted by Crippen LogP contribution is 2.30. The van der Waals surface area contributed by atoms with Gasteiger partial charge in [0.15, 0.2) is 0 Å². The number of amides is 1. The molecule has 3 N–H and O–H groups in total. The first kappa shape index (κ1) is 14.3. The van der Waals surface area contributed by atoms with Crippen molar-refractivity contribution in [2.75, 3.05) is 0 Å². The molecule has 0 aromatic heterocycles. The molecule has 19 heavy (non-hydrogen) atoms. The molecular weight excluding hydrogens is 288 g/mol. The Balaban J connectivity index is 2.36. The Bertz CT molecular complexity index is 643. The van der Waals surface area contributed by atoms with Crippen LogP contribution in [0.1, 0.15) is 29.3 Å². The van der Waals surface area contributed by atoms with Gasteiger partial charge in [-0.15, -0.1) is 0 Å². The minimum absolute atomic E-state index is 0.0545. The first-order valence-electron chi connectivity index (χ1n) is 5.84. The Morgan fingerprint density at radius 3 is 2.53 bits per heavy atom. The van der Waals surface area contributed by atoms with Crippen LogP contribution in [0.15, 0.2) is 17.0 Å². The molecule has 0 bridgehead atoms. The Hall–Kier alpha value is -1.11. The first-order valence-corrected chi connectivity index (χ1v) is 7.76. The number of rotatable bonds is 3. The van der Waals surface area contributed by atoms with Gasteiger partial charge in [0.25, 0.3) is 5.91 Å². The highest BCUT2D eigenvalue weighted by molar-refractivity contribution is 7.89. The molecule has 0 radical (unpaired) electrons. The van der Waals surface area contributed by atoms with Crippen LogP contribution in [-0.2, 0) is 10.0 Å². The monoisotopic (exact) mass is 302 g/mol. The molecule has 1 aliphatic rings. The van der Waals surface area contributed by atoms with Gasteiger partial charge in [-0.05, 0) is 37.0 Å². The van der Waals surface area contributed by atoms with E-state index in [1.807, 2.05) is 6.92 Å². The normalized spacial score (nSPS) is 22.1. The number of nitrogens with one attached hydrogen (secondary N) is 1. The summed E-state index contributed by atoms with van der Waals surface area (Å²) in [6.07, 6.45) is 0.945. The third-order valence-corrected chi connectivity index (χ3v) is 4.76. The minimum atomic E-state index is -3.95. The minimum Gasteiger partial charge on any atom is -0.349 e. The summed E-state index contributed by atoms with van der Waals surface area (Å²) in [5.41, 5.74) is 0.757. The lowest BCUT2D eigenvalue weighted by Gasteiger charge is -2.09. The van der Waals surface area contributed by atoms with E-state index in [2.05, 4.69) is 5.32 Å². The number of sulfonamides is 1. The summed E-state index contributed by atoms with van der Waals surface area (Å²) in [6.45, 7) is 3.67. The summed E-state index contributed by atoms with van der Waals surface area (Å²) < 4.78 is 22.9. The molecule has 0 saturated heterocycles. The van der Waals surface area contributed by atoms with Crippen molar-refractivity contribution in [2.45, 2.75) is 31.2 Å². The molecule has 1 aliphatic carbocycles. The van der Waals surface area contributed by atoms with Crippen LogP contribution in [0.3, 0.4) is 0 Å². The Labute approximate surface area is 117 Å². The van der Waals surface area contributed by atoms with E-state index in [1.165, 1.54) is 6.07 Å². The van der Waals surface area contributed by atoms with Crippen LogP contribution >= 0.6 is 11.6 Å². The zero-order valence-corrected chi connectivity index (χ0v) is 12.2. The van der Waals surface area contributed by atoms with Gasteiger partial charge < -0.3 is 5.32 Å². The van der Waals surface area contributed by atoms with Crippen molar-refractivity contribution in [3.05, 3.63) is 28.3 Å². The molecule has 5 nitrogen and oxygen atoms in total. The Morgan fingerprint density at radius 1 is 1.47 bits per heavy atom. The van der Waals surface area contributed by atoms with E-state index in [0.29, 0.717) is 11.5 Å². The quantitative estimate of drug-likeness (QED) is 0.885. The van der Waals surface area contributed by atoms with Crippen LogP contribution in [0.5, 0.6) is 0 Å². The summed E-state index contributed by atoms with van der Waals surface area (Å²) in [4.78, 5) is 11.8. The Morgan fingerprint density at radius 2 is 2.05 bits per heavy atom. The van der Waals surface area contributed by atoms with Crippen molar-refractivity contribution in [2.24, 2.45) is 11.1 Å². The van der Waals surface area contributed by atoms with E-state index in [4.69, 9.17) is 16.7 Å². The Kier molecular flexibility index (Phi) is 3.59. The highest BCUT2D eigenvalue weighted by Gasteiger charge is 2.34. The highest BCUT2D eigenvalue weighted by atomic mass is 35.5. The number of carbonyl (C=O) groups excluding carboxylic acids is 1. The van der Waals surface area contributed by atoms with Gasteiger partial charge in [0.2, 0.25) is 10.0 Å². The molecular formula is C12H15ClN2O3S. The van der Waals surface area contributed by atoms with E-state index in [0.717, 1.165) is 6.42 Å². The number of halogens is 1. The van der Waals surface area contributed by atoms with Crippen molar-refractivity contribution < 1.29 is 13.2 Å².